The van der Waals surface area contributed by atoms with Gasteiger partial charge < -0.3 is 15.7 Å². The molecule has 2 aliphatic rings. The molecule has 2 aromatic heterocycles. The number of aromatic nitrogens is 3. The highest BCUT2D eigenvalue weighted by atomic mass is 19.3. The summed E-state index contributed by atoms with van der Waals surface area (Å²) in [5.74, 6) is -1.59. The fourth-order valence-electron chi connectivity index (χ4n) is 4.50. The SMILES string of the molecule is CC[C@H](F)CNc1ncc(-c2ccc(CN3CCC(F)(F)CC3)cn2)c(NC2CCC(O)CC2)n1. The third-order valence-electron chi connectivity index (χ3n) is 6.85. The number of pyridine rings is 1. The van der Waals surface area contributed by atoms with Gasteiger partial charge in [-0.05, 0) is 43.7 Å². The van der Waals surface area contributed by atoms with E-state index in [9.17, 15) is 18.3 Å². The lowest BCUT2D eigenvalue weighted by atomic mass is 9.93. The Labute approximate surface area is 204 Å². The summed E-state index contributed by atoms with van der Waals surface area (Å²) in [6.07, 6.45) is 5.55. The van der Waals surface area contributed by atoms with Crippen molar-refractivity contribution >= 4 is 11.8 Å². The van der Waals surface area contributed by atoms with Crippen LogP contribution in [0.5, 0.6) is 0 Å². The number of alkyl halides is 3. The van der Waals surface area contributed by atoms with Crippen molar-refractivity contribution in [2.24, 2.45) is 0 Å². The fourth-order valence-corrected chi connectivity index (χ4v) is 4.50. The van der Waals surface area contributed by atoms with Gasteiger partial charge in [0.2, 0.25) is 5.95 Å². The van der Waals surface area contributed by atoms with Gasteiger partial charge in [-0.1, -0.05) is 13.0 Å². The van der Waals surface area contributed by atoms with Crippen LogP contribution in [0.25, 0.3) is 11.3 Å². The van der Waals surface area contributed by atoms with Gasteiger partial charge >= 0.3 is 0 Å². The van der Waals surface area contributed by atoms with E-state index in [0.29, 0.717) is 43.5 Å². The minimum atomic E-state index is -2.55. The van der Waals surface area contributed by atoms with Crippen molar-refractivity contribution in [2.45, 2.75) is 82.7 Å². The summed E-state index contributed by atoms with van der Waals surface area (Å²) in [6, 6.07) is 4.02. The maximum Gasteiger partial charge on any atom is 0.250 e. The fraction of sp³-hybridized carbons (Fsp3) is 0.640. The zero-order valence-corrected chi connectivity index (χ0v) is 20.2. The van der Waals surface area contributed by atoms with Crippen LogP contribution in [-0.4, -0.2) is 68.8 Å². The summed E-state index contributed by atoms with van der Waals surface area (Å²) in [4.78, 5) is 15.6. The summed E-state index contributed by atoms with van der Waals surface area (Å²) < 4.78 is 40.6. The molecule has 2 aromatic rings. The number of hydrogen-bond acceptors (Lipinski definition) is 7. The lowest BCUT2D eigenvalue weighted by Crippen LogP contribution is -2.38. The number of nitrogens with zero attached hydrogens (tertiary/aromatic N) is 4. The molecule has 7 nitrogen and oxygen atoms in total. The molecule has 0 radical (unpaired) electrons. The van der Waals surface area contributed by atoms with Gasteiger partial charge in [-0.25, -0.2) is 18.2 Å². The van der Waals surface area contributed by atoms with Crippen molar-refractivity contribution in [3.63, 3.8) is 0 Å². The van der Waals surface area contributed by atoms with Gasteiger partial charge in [0, 0.05) is 57.5 Å². The summed E-state index contributed by atoms with van der Waals surface area (Å²) >= 11 is 0. The number of aliphatic hydroxyl groups excluding tert-OH is 1. The quantitative estimate of drug-likeness (QED) is 0.470. The zero-order valence-electron chi connectivity index (χ0n) is 20.2. The molecule has 1 saturated heterocycles. The lowest BCUT2D eigenvalue weighted by molar-refractivity contribution is -0.0566. The first-order chi connectivity index (χ1) is 16.8. The highest BCUT2D eigenvalue weighted by molar-refractivity contribution is 5.73. The van der Waals surface area contributed by atoms with Gasteiger partial charge in [-0.3, -0.25) is 9.88 Å². The third-order valence-corrected chi connectivity index (χ3v) is 6.85. The first kappa shape index (κ1) is 25.6. The van der Waals surface area contributed by atoms with Crippen LogP contribution in [-0.2, 0) is 6.54 Å². The normalized spacial score (nSPS) is 23.6. The van der Waals surface area contributed by atoms with Gasteiger partial charge in [0.25, 0.3) is 5.92 Å². The number of hydrogen-bond donors (Lipinski definition) is 3. The van der Waals surface area contributed by atoms with Gasteiger partial charge in [-0.15, -0.1) is 0 Å². The standard InChI is InChI=1S/C25H35F3N6O/c1-2-18(26)14-30-24-31-15-21(23(33-24)32-19-4-6-20(35)7-5-19)22-8-3-17(13-29-22)16-34-11-9-25(27,28)10-12-34/h3,8,13,15,18-20,35H,2,4-7,9-12,14,16H2,1H3,(H2,30,31,32,33)/t18-,19?,20?/m0/s1. The summed E-state index contributed by atoms with van der Waals surface area (Å²) in [5, 5.41) is 16.3. The largest absolute Gasteiger partial charge is 0.393 e. The predicted octanol–water partition coefficient (Wildman–Crippen LogP) is 4.65. The molecule has 192 valence electrons. The Kier molecular flexibility index (Phi) is 8.43. The van der Waals surface area contributed by atoms with Crippen LogP contribution in [0.15, 0.2) is 24.5 Å². The molecule has 1 atom stereocenters. The molecule has 1 saturated carbocycles. The lowest BCUT2D eigenvalue weighted by Gasteiger charge is -2.31. The molecule has 1 aliphatic carbocycles. The molecule has 1 aliphatic heterocycles. The monoisotopic (exact) mass is 492 g/mol. The molecular weight excluding hydrogens is 457 g/mol. The molecule has 0 aromatic carbocycles. The molecule has 0 bridgehead atoms. The molecule has 0 unspecified atom stereocenters. The average Bonchev–Trinajstić information content (AvgIpc) is 2.86. The third kappa shape index (κ3) is 7.27. The molecule has 10 heteroatoms. The average molecular weight is 493 g/mol. The predicted molar refractivity (Wildman–Crippen MR) is 130 cm³/mol. The van der Waals surface area contributed by atoms with Gasteiger partial charge in [0.15, 0.2) is 0 Å². The Hall–Kier alpha value is -2.46. The van der Waals surface area contributed by atoms with Gasteiger partial charge in [0.1, 0.15) is 12.0 Å². The van der Waals surface area contributed by atoms with Crippen LogP contribution in [0.3, 0.4) is 0 Å². The number of likely N-dealkylation sites (tertiary alicyclic amines) is 1. The van der Waals surface area contributed by atoms with Crippen LogP contribution in [0.4, 0.5) is 24.9 Å². The summed E-state index contributed by atoms with van der Waals surface area (Å²) in [7, 11) is 0. The van der Waals surface area contributed by atoms with Crippen molar-refractivity contribution < 1.29 is 18.3 Å². The molecule has 3 heterocycles. The molecular formula is C25H35F3N6O. The number of anilines is 2. The zero-order chi connectivity index (χ0) is 24.8. The number of halogens is 3. The van der Waals surface area contributed by atoms with Crippen LogP contribution in [0.2, 0.25) is 0 Å². The Bertz CT molecular complexity index is 943. The molecule has 3 N–H and O–H groups in total. The van der Waals surface area contributed by atoms with E-state index in [1.807, 2.05) is 17.0 Å². The summed E-state index contributed by atoms with van der Waals surface area (Å²) in [6.45, 7) is 3.26. The van der Waals surface area contributed by atoms with Gasteiger partial charge in [-0.2, -0.15) is 4.98 Å². The topological polar surface area (TPSA) is 86.2 Å². The minimum absolute atomic E-state index is 0.106. The second-order valence-corrected chi connectivity index (χ2v) is 9.68. The van der Waals surface area contributed by atoms with E-state index < -0.39 is 12.1 Å². The first-order valence-corrected chi connectivity index (χ1v) is 12.6. The van der Waals surface area contributed by atoms with Crippen LogP contribution >= 0.6 is 0 Å². The second-order valence-electron chi connectivity index (χ2n) is 9.68. The highest BCUT2D eigenvalue weighted by Gasteiger charge is 2.33. The minimum Gasteiger partial charge on any atom is -0.393 e. The van der Waals surface area contributed by atoms with Crippen LogP contribution in [0, 0.1) is 0 Å². The van der Waals surface area contributed by atoms with Crippen LogP contribution < -0.4 is 10.6 Å². The molecule has 0 spiro atoms. The number of piperidine rings is 1. The van der Waals surface area contributed by atoms with E-state index in [2.05, 4.69) is 25.6 Å². The van der Waals surface area contributed by atoms with E-state index >= 15 is 0 Å². The van der Waals surface area contributed by atoms with E-state index in [1.165, 1.54) is 0 Å². The van der Waals surface area contributed by atoms with E-state index in [4.69, 9.17) is 0 Å². The maximum atomic E-state index is 13.7. The molecule has 0 amide bonds. The summed E-state index contributed by atoms with van der Waals surface area (Å²) in [5.41, 5.74) is 2.39. The van der Waals surface area contributed by atoms with Crippen LogP contribution in [0.1, 0.15) is 57.4 Å². The number of nitrogens with one attached hydrogen (secondary N) is 2. The van der Waals surface area contributed by atoms with E-state index in [1.54, 1.807) is 19.3 Å². The Morgan fingerprint density at radius 3 is 2.51 bits per heavy atom. The molecule has 4 rings (SSSR count). The molecule has 35 heavy (non-hydrogen) atoms. The Balaban J connectivity index is 1.48. The highest BCUT2D eigenvalue weighted by Crippen LogP contribution is 2.30. The maximum absolute atomic E-state index is 13.7. The number of aliphatic hydroxyl groups is 1. The van der Waals surface area contributed by atoms with Crippen molar-refractivity contribution in [3.05, 3.63) is 30.1 Å². The van der Waals surface area contributed by atoms with Crippen molar-refractivity contribution in [3.8, 4) is 11.3 Å². The van der Waals surface area contributed by atoms with Gasteiger partial charge in [0.05, 0.1) is 17.4 Å². The van der Waals surface area contributed by atoms with Crippen molar-refractivity contribution in [1.82, 2.24) is 19.9 Å². The van der Waals surface area contributed by atoms with Crippen molar-refractivity contribution in [2.75, 3.05) is 30.3 Å². The van der Waals surface area contributed by atoms with Crippen molar-refractivity contribution in [1.29, 1.82) is 0 Å². The Morgan fingerprint density at radius 2 is 1.86 bits per heavy atom. The second kappa shape index (κ2) is 11.5. The van der Waals surface area contributed by atoms with E-state index in [0.717, 1.165) is 36.8 Å². The number of rotatable bonds is 9. The first-order valence-electron chi connectivity index (χ1n) is 12.6. The Morgan fingerprint density at radius 1 is 1.11 bits per heavy atom. The van der Waals surface area contributed by atoms with E-state index in [-0.39, 0.29) is 31.5 Å². The molecule has 2 fully saturated rings. The smallest absolute Gasteiger partial charge is 0.250 e.